The van der Waals surface area contributed by atoms with E-state index in [1.54, 1.807) is 4.90 Å². The summed E-state index contributed by atoms with van der Waals surface area (Å²) in [5.41, 5.74) is -0.761. The van der Waals surface area contributed by atoms with Gasteiger partial charge in [0.2, 0.25) is 0 Å². The number of amides is 2. The summed E-state index contributed by atoms with van der Waals surface area (Å²) >= 11 is 0. The SMILES string of the molecule is CCC1(C(=O)O)CCN(C(=O)NC2CC3CCC2O3)C1. The van der Waals surface area contributed by atoms with Gasteiger partial charge in [-0.25, -0.2) is 4.79 Å². The Kier molecular flexibility index (Phi) is 3.36. The summed E-state index contributed by atoms with van der Waals surface area (Å²) in [6, 6.07) is -0.0366. The molecule has 0 aromatic carbocycles. The van der Waals surface area contributed by atoms with Crippen LogP contribution in [-0.4, -0.2) is 53.3 Å². The first-order chi connectivity index (χ1) is 9.54. The number of hydrogen-bond donors (Lipinski definition) is 2. The first-order valence-corrected chi connectivity index (χ1v) is 7.48. The van der Waals surface area contributed by atoms with Gasteiger partial charge < -0.3 is 20.1 Å². The summed E-state index contributed by atoms with van der Waals surface area (Å²) in [6.45, 7) is 2.71. The number of hydrogen-bond acceptors (Lipinski definition) is 3. The lowest BCUT2D eigenvalue weighted by Gasteiger charge is -2.26. The van der Waals surface area contributed by atoms with Gasteiger partial charge in [-0.2, -0.15) is 0 Å². The fourth-order valence-electron chi connectivity index (χ4n) is 3.70. The molecule has 3 heterocycles. The number of fused-ring (bicyclic) bond motifs is 2. The van der Waals surface area contributed by atoms with Crippen LogP contribution in [0.3, 0.4) is 0 Å². The third kappa shape index (κ3) is 2.16. The maximum atomic E-state index is 12.3. The first kappa shape index (κ1) is 13.7. The molecular weight excluding hydrogens is 260 g/mol. The number of ether oxygens (including phenoxy) is 1. The van der Waals surface area contributed by atoms with E-state index in [0.29, 0.717) is 32.0 Å². The molecule has 4 unspecified atom stereocenters. The van der Waals surface area contributed by atoms with Gasteiger partial charge in [0.05, 0.1) is 23.7 Å². The highest BCUT2D eigenvalue weighted by atomic mass is 16.5. The van der Waals surface area contributed by atoms with Gasteiger partial charge >= 0.3 is 12.0 Å². The lowest BCUT2D eigenvalue weighted by molar-refractivity contribution is -0.148. The van der Waals surface area contributed by atoms with Gasteiger partial charge in [-0.1, -0.05) is 6.92 Å². The van der Waals surface area contributed by atoms with E-state index in [2.05, 4.69) is 5.32 Å². The monoisotopic (exact) mass is 282 g/mol. The zero-order valence-electron chi connectivity index (χ0n) is 11.8. The van der Waals surface area contributed by atoms with Gasteiger partial charge in [-0.05, 0) is 32.1 Å². The molecule has 6 heteroatoms. The predicted octanol–water partition coefficient (Wildman–Crippen LogP) is 1.20. The Bertz CT molecular complexity index is 427. The average Bonchev–Trinajstić information content (AvgIpc) is 3.13. The van der Waals surface area contributed by atoms with Crippen LogP contribution >= 0.6 is 0 Å². The third-order valence-electron chi connectivity index (χ3n) is 5.19. The number of nitrogens with one attached hydrogen (secondary N) is 1. The Morgan fingerprint density at radius 3 is 2.75 bits per heavy atom. The van der Waals surface area contributed by atoms with Crippen LogP contribution in [0.5, 0.6) is 0 Å². The number of aliphatic carboxylic acids is 1. The molecule has 0 spiro atoms. The van der Waals surface area contributed by atoms with Crippen molar-refractivity contribution in [3.63, 3.8) is 0 Å². The Hall–Kier alpha value is -1.30. The van der Waals surface area contributed by atoms with Crippen LogP contribution in [0.15, 0.2) is 0 Å². The molecule has 3 rings (SSSR count). The van der Waals surface area contributed by atoms with Crippen LogP contribution in [0.4, 0.5) is 4.79 Å². The summed E-state index contributed by atoms with van der Waals surface area (Å²) in [5.74, 6) is -0.793. The number of carbonyl (C=O) groups is 2. The molecule has 2 bridgehead atoms. The molecule has 3 fully saturated rings. The molecule has 6 nitrogen and oxygen atoms in total. The van der Waals surface area contributed by atoms with E-state index in [9.17, 15) is 14.7 Å². The number of carbonyl (C=O) groups excluding carboxylic acids is 1. The largest absolute Gasteiger partial charge is 0.481 e. The van der Waals surface area contributed by atoms with Crippen molar-refractivity contribution in [2.45, 2.75) is 57.3 Å². The number of carboxylic acids is 1. The molecule has 4 atom stereocenters. The van der Waals surface area contributed by atoms with Crippen molar-refractivity contribution in [1.82, 2.24) is 10.2 Å². The van der Waals surface area contributed by atoms with E-state index >= 15 is 0 Å². The fourth-order valence-corrected chi connectivity index (χ4v) is 3.70. The van der Waals surface area contributed by atoms with E-state index in [0.717, 1.165) is 19.3 Å². The fraction of sp³-hybridized carbons (Fsp3) is 0.857. The van der Waals surface area contributed by atoms with Gasteiger partial charge in [-0.15, -0.1) is 0 Å². The number of carboxylic acid groups (broad SMARTS) is 1. The van der Waals surface area contributed by atoms with Crippen LogP contribution in [0, 0.1) is 5.41 Å². The molecule has 2 amide bonds. The van der Waals surface area contributed by atoms with Crippen molar-refractivity contribution in [1.29, 1.82) is 0 Å². The topological polar surface area (TPSA) is 78.9 Å². The Morgan fingerprint density at radius 1 is 1.45 bits per heavy atom. The second-order valence-corrected chi connectivity index (χ2v) is 6.28. The summed E-state index contributed by atoms with van der Waals surface area (Å²) in [6.07, 6.45) is 4.56. The highest BCUT2D eigenvalue weighted by molar-refractivity contribution is 5.80. The minimum absolute atomic E-state index is 0.0997. The summed E-state index contributed by atoms with van der Waals surface area (Å²) in [5, 5.41) is 12.4. The predicted molar refractivity (Wildman–Crippen MR) is 71.4 cm³/mol. The second-order valence-electron chi connectivity index (χ2n) is 6.28. The zero-order valence-corrected chi connectivity index (χ0v) is 11.8. The lowest BCUT2D eigenvalue weighted by atomic mass is 9.84. The molecule has 112 valence electrons. The number of rotatable bonds is 3. The zero-order chi connectivity index (χ0) is 14.3. The highest BCUT2D eigenvalue weighted by Crippen LogP contribution is 2.36. The van der Waals surface area contributed by atoms with Crippen molar-refractivity contribution in [3.05, 3.63) is 0 Å². The summed E-state index contributed by atoms with van der Waals surface area (Å²) in [4.78, 5) is 25.3. The second kappa shape index (κ2) is 4.91. The van der Waals surface area contributed by atoms with Crippen molar-refractivity contribution < 1.29 is 19.4 Å². The van der Waals surface area contributed by atoms with E-state index in [1.807, 2.05) is 6.92 Å². The summed E-state index contributed by atoms with van der Waals surface area (Å²) in [7, 11) is 0. The van der Waals surface area contributed by atoms with Crippen LogP contribution in [0.2, 0.25) is 0 Å². The quantitative estimate of drug-likeness (QED) is 0.815. The van der Waals surface area contributed by atoms with Crippen molar-refractivity contribution in [3.8, 4) is 0 Å². The Labute approximate surface area is 118 Å². The van der Waals surface area contributed by atoms with E-state index in [1.165, 1.54) is 0 Å². The molecule has 0 saturated carbocycles. The normalized spacial score (nSPS) is 39.2. The molecule has 3 aliphatic rings. The van der Waals surface area contributed by atoms with Crippen LogP contribution in [0.1, 0.15) is 39.0 Å². The minimum Gasteiger partial charge on any atom is -0.481 e. The van der Waals surface area contributed by atoms with Gasteiger partial charge in [0.1, 0.15) is 0 Å². The first-order valence-electron chi connectivity index (χ1n) is 7.48. The molecule has 3 aliphatic heterocycles. The van der Waals surface area contributed by atoms with Crippen LogP contribution in [-0.2, 0) is 9.53 Å². The molecule has 0 radical (unpaired) electrons. The molecule has 3 saturated heterocycles. The van der Waals surface area contributed by atoms with E-state index in [4.69, 9.17) is 4.74 Å². The van der Waals surface area contributed by atoms with Crippen molar-refractivity contribution >= 4 is 12.0 Å². The molecule has 2 N–H and O–H groups in total. The highest BCUT2D eigenvalue weighted by Gasteiger charge is 2.46. The number of urea groups is 1. The van der Waals surface area contributed by atoms with Crippen LogP contribution in [0.25, 0.3) is 0 Å². The standard InChI is InChI=1S/C14H22N2O4/c1-2-14(12(17)18)5-6-16(8-14)13(19)15-10-7-9-3-4-11(10)20-9/h9-11H,2-8H2,1H3,(H,15,19)(H,17,18). The van der Waals surface area contributed by atoms with Gasteiger partial charge in [0.15, 0.2) is 0 Å². The Morgan fingerprint density at radius 2 is 2.25 bits per heavy atom. The number of likely N-dealkylation sites (tertiary alicyclic amines) is 1. The summed E-state index contributed by atoms with van der Waals surface area (Å²) < 4.78 is 5.72. The van der Waals surface area contributed by atoms with Gasteiger partial charge in [0.25, 0.3) is 0 Å². The molecule has 0 aromatic rings. The minimum atomic E-state index is -0.793. The lowest BCUT2D eigenvalue weighted by Crippen LogP contribution is -2.48. The average molecular weight is 282 g/mol. The molecule has 0 aromatic heterocycles. The van der Waals surface area contributed by atoms with Gasteiger partial charge in [-0.3, -0.25) is 4.79 Å². The maximum Gasteiger partial charge on any atom is 0.317 e. The van der Waals surface area contributed by atoms with Crippen LogP contribution < -0.4 is 5.32 Å². The third-order valence-corrected chi connectivity index (χ3v) is 5.19. The van der Waals surface area contributed by atoms with Gasteiger partial charge in [0, 0.05) is 13.1 Å². The van der Waals surface area contributed by atoms with Crippen molar-refractivity contribution in [2.24, 2.45) is 5.41 Å². The molecule has 20 heavy (non-hydrogen) atoms. The maximum absolute atomic E-state index is 12.3. The molecule has 0 aliphatic carbocycles. The smallest absolute Gasteiger partial charge is 0.317 e. The Balaban J connectivity index is 1.58. The van der Waals surface area contributed by atoms with Crippen molar-refractivity contribution in [2.75, 3.05) is 13.1 Å². The number of nitrogens with zero attached hydrogens (tertiary/aromatic N) is 1. The molecular formula is C14H22N2O4. The van der Waals surface area contributed by atoms with E-state index < -0.39 is 11.4 Å². The van der Waals surface area contributed by atoms with E-state index in [-0.39, 0.29) is 18.2 Å².